The topological polar surface area (TPSA) is 29.9 Å². The Hall–Kier alpha value is -0.830. The van der Waals surface area contributed by atoms with Crippen LogP contribution in [0.25, 0.3) is 0 Å². The van der Waals surface area contributed by atoms with E-state index in [0.29, 0.717) is 6.04 Å². The molecule has 2 atom stereocenters. The monoisotopic (exact) mass is 205 g/mol. The molecule has 1 N–H and O–H groups in total. The molecule has 2 unspecified atom stereocenters. The van der Waals surface area contributed by atoms with Gasteiger partial charge in [0.05, 0.1) is 11.7 Å². The molecule has 0 spiro atoms. The molecule has 3 nitrogen and oxygen atoms in total. The molecular formula is C12H19N3. The second-order valence-electron chi connectivity index (χ2n) is 5.03. The molecule has 0 aromatic carbocycles. The van der Waals surface area contributed by atoms with E-state index in [2.05, 4.69) is 23.0 Å². The van der Waals surface area contributed by atoms with Gasteiger partial charge in [-0.3, -0.25) is 0 Å². The number of nitrogens with one attached hydrogen (secondary N) is 1. The van der Waals surface area contributed by atoms with Crippen LogP contribution in [0.2, 0.25) is 0 Å². The van der Waals surface area contributed by atoms with Gasteiger partial charge >= 0.3 is 0 Å². The van der Waals surface area contributed by atoms with Gasteiger partial charge in [0, 0.05) is 19.2 Å². The highest BCUT2D eigenvalue weighted by Gasteiger charge is 2.23. The molecule has 0 bridgehead atoms. The summed E-state index contributed by atoms with van der Waals surface area (Å²) in [6.45, 7) is 4.65. The summed E-state index contributed by atoms with van der Waals surface area (Å²) in [4.78, 5) is 4.77. The molecule has 0 radical (unpaired) electrons. The highest BCUT2D eigenvalue weighted by molar-refractivity contribution is 5.12. The van der Waals surface area contributed by atoms with Crippen molar-refractivity contribution in [1.82, 2.24) is 14.9 Å². The fourth-order valence-corrected chi connectivity index (χ4v) is 2.74. The van der Waals surface area contributed by atoms with E-state index in [4.69, 9.17) is 4.98 Å². The summed E-state index contributed by atoms with van der Waals surface area (Å²) in [5.74, 6) is 2.12. The van der Waals surface area contributed by atoms with Crippen LogP contribution in [0.3, 0.4) is 0 Å². The minimum absolute atomic E-state index is 0.526. The smallest absolute Gasteiger partial charge is 0.109 e. The lowest BCUT2D eigenvalue weighted by molar-refractivity contribution is 0.394. The molecule has 1 aromatic heterocycles. The zero-order valence-electron chi connectivity index (χ0n) is 9.37. The molecule has 2 aliphatic heterocycles. The van der Waals surface area contributed by atoms with Crippen LogP contribution in [-0.2, 0) is 13.0 Å². The average Bonchev–Trinajstić information content (AvgIpc) is 2.84. The number of nitrogens with zero attached hydrogens (tertiary/aromatic N) is 2. The number of aromatic nitrogens is 2. The maximum absolute atomic E-state index is 4.77. The summed E-state index contributed by atoms with van der Waals surface area (Å²) >= 11 is 0. The zero-order chi connectivity index (χ0) is 10.3. The van der Waals surface area contributed by atoms with E-state index in [-0.39, 0.29) is 0 Å². The van der Waals surface area contributed by atoms with Crippen LogP contribution in [0, 0.1) is 5.92 Å². The van der Waals surface area contributed by atoms with Gasteiger partial charge in [0.2, 0.25) is 0 Å². The largest absolute Gasteiger partial charge is 0.334 e. The molecule has 3 heteroatoms. The first-order chi connectivity index (χ1) is 7.33. The van der Waals surface area contributed by atoms with E-state index < -0.39 is 0 Å². The minimum atomic E-state index is 0.526. The van der Waals surface area contributed by atoms with E-state index in [0.717, 1.165) is 25.4 Å². The quantitative estimate of drug-likeness (QED) is 0.758. The summed E-state index contributed by atoms with van der Waals surface area (Å²) < 4.78 is 2.36. The number of rotatable bonds is 1. The number of hydrogen-bond acceptors (Lipinski definition) is 2. The average molecular weight is 205 g/mol. The van der Waals surface area contributed by atoms with Gasteiger partial charge in [-0.2, -0.15) is 0 Å². The molecule has 0 aliphatic carbocycles. The SMILES string of the molecule is CC1CCc2nc(C3CCCN3)cn2C1. The lowest BCUT2D eigenvalue weighted by Crippen LogP contribution is -2.17. The fourth-order valence-electron chi connectivity index (χ4n) is 2.74. The predicted octanol–water partition coefficient (Wildman–Crippen LogP) is 1.89. The van der Waals surface area contributed by atoms with Crippen LogP contribution in [0.15, 0.2) is 6.20 Å². The Kier molecular flexibility index (Phi) is 2.28. The molecular weight excluding hydrogens is 186 g/mol. The summed E-state index contributed by atoms with van der Waals surface area (Å²) in [7, 11) is 0. The molecule has 2 aliphatic rings. The van der Waals surface area contributed by atoms with Crippen molar-refractivity contribution in [3.63, 3.8) is 0 Å². The second kappa shape index (κ2) is 3.63. The maximum Gasteiger partial charge on any atom is 0.109 e. The van der Waals surface area contributed by atoms with Gasteiger partial charge in [0.25, 0.3) is 0 Å². The van der Waals surface area contributed by atoms with Crippen molar-refractivity contribution in [2.24, 2.45) is 5.92 Å². The first-order valence-corrected chi connectivity index (χ1v) is 6.12. The van der Waals surface area contributed by atoms with E-state index in [1.165, 1.54) is 30.8 Å². The highest BCUT2D eigenvalue weighted by Crippen LogP contribution is 2.25. The van der Waals surface area contributed by atoms with Crippen LogP contribution in [0.5, 0.6) is 0 Å². The second-order valence-corrected chi connectivity index (χ2v) is 5.03. The Morgan fingerprint density at radius 3 is 3.20 bits per heavy atom. The van der Waals surface area contributed by atoms with Crippen LogP contribution in [-0.4, -0.2) is 16.1 Å². The maximum atomic E-state index is 4.77. The van der Waals surface area contributed by atoms with E-state index in [1.807, 2.05) is 0 Å². The predicted molar refractivity (Wildman–Crippen MR) is 59.7 cm³/mol. The van der Waals surface area contributed by atoms with E-state index >= 15 is 0 Å². The van der Waals surface area contributed by atoms with Gasteiger partial charge in [-0.25, -0.2) is 4.98 Å². The van der Waals surface area contributed by atoms with Crippen molar-refractivity contribution in [2.45, 2.75) is 45.2 Å². The van der Waals surface area contributed by atoms with Gasteiger partial charge in [0.15, 0.2) is 0 Å². The lowest BCUT2D eigenvalue weighted by atomic mass is 10.0. The van der Waals surface area contributed by atoms with Gasteiger partial charge in [0.1, 0.15) is 5.82 Å². The first-order valence-electron chi connectivity index (χ1n) is 6.12. The molecule has 1 fully saturated rings. The summed E-state index contributed by atoms with van der Waals surface area (Å²) in [5.41, 5.74) is 1.27. The zero-order valence-corrected chi connectivity index (χ0v) is 9.37. The van der Waals surface area contributed by atoms with Crippen LogP contribution in [0.4, 0.5) is 0 Å². The summed E-state index contributed by atoms with van der Waals surface area (Å²) in [6.07, 6.45) is 7.28. The van der Waals surface area contributed by atoms with Crippen molar-refractivity contribution in [3.05, 3.63) is 17.7 Å². The third-order valence-corrected chi connectivity index (χ3v) is 3.66. The highest BCUT2D eigenvalue weighted by atomic mass is 15.1. The van der Waals surface area contributed by atoms with Crippen LogP contribution < -0.4 is 5.32 Å². The summed E-state index contributed by atoms with van der Waals surface area (Å²) in [6, 6.07) is 0.526. The molecule has 3 heterocycles. The molecule has 1 aromatic rings. The lowest BCUT2D eigenvalue weighted by Gasteiger charge is -2.19. The molecule has 82 valence electrons. The Morgan fingerprint density at radius 1 is 1.47 bits per heavy atom. The van der Waals surface area contributed by atoms with Crippen LogP contribution in [0.1, 0.15) is 43.7 Å². The fraction of sp³-hybridized carbons (Fsp3) is 0.750. The Balaban J connectivity index is 1.85. The number of aryl methyl sites for hydroxylation is 1. The Morgan fingerprint density at radius 2 is 2.40 bits per heavy atom. The Labute approximate surface area is 90.9 Å². The van der Waals surface area contributed by atoms with Gasteiger partial charge in [-0.15, -0.1) is 0 Å². The van der Waals surface area contributed by atoms with Crippen molar-refractivity contribution in [3.8, 4) is 0 Å². The van der Waals surface area contributed by atoms with Crippen molar-refractivity contribution < 1.29 is 0 Å². The Bertz CT molecular complexity index is 350. The van der Waals surface area contributed by atoms with Gasteiger partial charge < -0.3 is 9.88 Å². The van der Waals surface area contributed by atoms with E-state index in [9.17, 15) is 0 Å². The molecule has 0 saturated carbocycles. The molecule has 1 saturated heterocycles. The molecule has 3 rings (SSSR count). The first kappa shape index (κ1) is 9.40. The summed E-state index contributed by atoms with van der Waals surface area (Å²) in [5, 5.41) is 3.52. The third kappa shape index (κ3) is 1.69. The van der Waals surface area contributed by atoms with Gasteiger partial charge in [-0.1, -0.05) is 6.92 Å². The number of hydrogen-bond donors (Lipinski definition) is 1. The normalized spacial score (nSPS) is 30.5. The minimum Gasteiger partial charge on any atom is -0.334 e. The third-order valence-electron chi connectivity index (χ3n) is 3.66. The molecule has 15 heavy (non-hydrogen) atoms. The van der Waals surface area contributed by atoms with Crippen molar-refractivity contribution >= 4 is 0 Å². The van der Waals surface area contributed by atoms with Gasteiger partial charge in [-0.05, 0) is 31.7 Å². The number of fused-ring (bicyclic) bond motifs is 1. The van der Waals surface area contributed by atoms with Crippen molar-refractivity contribution in [2.75, 3.05) is 6.54 Å². The van der Waals surface area contributed by atoms with Crippen LogP contribution >= 0.6 is 0 Å². The molecule has 0 amide bonds. The van der Waals surface area contributed by atoms with Crippen molar-refractivity contribution in [1.29, 1.82) is 0 Å². The number of imidazole rings is 1. The van der Waals surface area contributed by atoms with E-state index in [1.54, 1.807) is 0 Å². The standard InChI is InChI=1S/C12H19N3/c1-9-4-5-12-14-11(8-15(12)7-9)10-3-2-6-13-10/h8-10,13H,2-7H2,1H3.